The topological polar surface area (TPSA) is 66.8 Å². The van der Waals surface area contributed by atoms with Crippen LogP contribution in [0.5, 0.6) is 0 Å². The van der Waals surface area contributed by atoms with Gasteiger partial charge in [-0.2, -0.15) is 4.99 Å². The van der Waals surface area contributed by atoms with Gasteiger partial charge in [0.2, 0.25) is 5.91 Å². The van der Waals surface area contributed by atoms with Crippen LogP contribution >= 0.6 is 11.8 Å². The van der Waals surface area contributed by atoms with Crippen LogP contribution in [0.4, 0.5) is 0 Å². The number of amides is 1. The summed E-state index contributed by atoms with van der Waals surface area (Å²) < 4.78 is 23.7. The number of aryl methyl sites for hydroxylation is 1. The van der Waals surface area contributed by atoms with Crippen LogP contribution in [-0.4, -0.2) is 53.7 Å². The third-order valence-corrected chi connectivity index (χ3v) is 7.67. The van der Waals surface area contributed by atoms with Crippen LogP contribution in [0.1, 0.15) is 18.4 Å². The minimum atomic E-state index is -2.99. The molecular weight excluding hydrogens is 356 g/mol. The van der Waals surface area contributed by atoms with Crippen molar-refractivity contribution in [2.75, 3.05) is 18.1 Å². The largest absolute Gasteiger partial charge is 0.342 e. The van der Waals surface area contributed by atoms with E-state index in [1.165, 1.54) is 17.3 Å². The Balaban J connectivity index is 1.60. The number of aliphatic imine (C=N–C) groups is 1. The van der Waals surface area contributed by atoms with Gasteiger partial charge in [0.1, 0.15) is 0 Å². The molecule has 25 heavy (non-hydrogen) atoms. The summed E-state index contributed by atoms with van der Waals surface area (Å²) in [6, 6.07) is 9.97. The molecule has 134 valence electrons. The average molecular weight is 379 g/mol. The zero-order chi connectivity index (χ0) is 17.9. The molecule has 0 bridgehead atoms. The molecule has 0 N–H and O–H groups in total. The third-order valence-electron chi connectivity index (χ3n) is 4.42. The standard InChI is InChI=1S/C18H22N2O3S2/c1-2-11-20-15-12-25(22,23)13-16(15)24-18(20)19-17(21)10-6-9-14-7-4-3-5-8-14/h2-5,7-8,15-16H,1,6,9-13H2/t15-,16-/m1/s1. The van der Waals surface area contributed by atoms with Crippen LogP contribution < -0.4 is 0 Å². The first-order chi connectivity index (χ1) is 12.0. The molecule has 0 aliphatic carbocycles. The van der Waals surface area contributed by atoms with Crippen LogP contribution in [0.15, 0.2) is 48.0 Å². The predicted octanol–water partition coefficient (Wildman–Crippen LogP) is 2.29. The maximum absolute atomic E-state index is 12.2. The van der Waals surface area contributed by atoms with Gasteiger partial charge in [-0.3, -0.25) is 4.79 Å². The van der Waals surface area contributed by atoms with E-state index in [0.29, 0.717) is 18.1 Å². The van der Waals surface area contributed by atoms with E-state index in [1.54, 1.807) is 6.08 Å². The van der Waals surface area contributed by atoms with Crippen molar-refractivity contribution in [3.63, 3.8) is 0 Å². The number of hydrogen-bond donors (Lipinski definition) is 0. The molecule has 1 amide bonds. The molecule has 0 radical (unpaired) electrons. The Morgan fingerprint density at radius 1 is 1.32 bits per heavy atom. The second-order valence-corrected chi connectivity index (χ2v) is 9.73. The first kappa shape index (κ1) is 18.2. The fraction of sp³-hybridized carbons (Fsp3) is 0.444. The lowest BCUT2D eigenvalue weighted by Crippen LogP contribution is -2.37. The number of fused-ring (bicyclic) bond motifs is 1. The summed E-state index contributed by atoms with van der Waals surface area (Å²) in [7, 11) is -2.99. The van der Waals surface area contributed by atoms with Crippen LogP contribution in [0.3, 0.4) is 0 Å². The second kappa shape index (κ2) is 7.74. The maximum atomic E-state index is 12.2. The van der Waals surface area contributed by atoms with Crippen LogP contribution in [0, 0.1) is 0 Å². The van der Waals surface area contributed by atoms with E-state index >= 15 is 0 Å². The summed E-state index contributed by atoms with van der Waals surface area (Å²) in [5.74, 6) is 0.159. The Hall–Kier alpha value is -1.60. The molecule has 7 heteroatoms. The van der Waals surface area contributed by atoms with Gasteiger partial charge in [-0.05, 0) is 18.4 Å². The van der Waals surface area contributed by atoms with Gasteiger partial charge in [0.15, 0.2) is 15.0 Å². The summed E-state index contributed by atoms with van der Waals surface area (Å²) >= 11 is 1.42. The van der Waals surface area contributed by atoms with Crippen molar-refractivity contribution in [1.29, 1.82) is 0 Å². The van der Waals surface area contributed by atoms with E-state index in [0.717, 1.165) is 12.8 Å². The van der Waals surface area contributed by atoms with Crippen molar-refractivity contribution in [2.24, 2.45) is 4.99 Å². The summed E-state index contributed by atoms with van der Waals surface area (Å²) in [6.45, 7) is 4.24. The van der Waals surface area contributed by atoms with Crippen molar-refractivity contribution in [2.45, 2.75) is 30.6 Å². The van der Waals surface area contributed by atoms with E-state index < -0.39 is 9.84 Å². The SMILES string of the molecule is C=CCN1C(=NC(=O)CCCc2ccccc2)S[C@@H]2CS(=O)(=O)C[C@H]21. The molecule has 0 spiro atoms. The minimum Gasteiger partial charge on any atom is -0.342 e. The van der Waals surface area contributed by atoms with Crippen molar-refractivity contribution in [3.05, 3.63) is 48.6 Å². The van der Waals surface area contributed by atoms with Crippen molar-refractivity contribution in [1.82, 2.24) is 4.90 Å². The smallest absolute Gasteiger partial charge is 0.248 e. The maximum Gasteiger partial charge on any atom is 0.248 e. The van der Waals surface area contributed by atoms with E-state index in [-0.39, 0.29) is 28.7 Å². The minimum absolute atomic E-state index is 0.0270. The Morgan fingerprint density at radius 2 is 2.08 bits per heavy atom. The van der Waals surface area contributed by atoms with Crippen LogP contribution in [0.25, 0.3) is 0 Å². The molecule has 3 rings (SSSR count). The number of carbonyl (C=O) groups is 1. The van der Waals surface area contributed by atoms with E-state index in [9.17, 15) is 13.2 Å². The molecule has 2 saturated heterocycles. The quantitative estimate of drug-likeness (QED) is 0.711. The van der Waals surface area contributed by atoms with Gasteiger partial charge in [0.25, 0.3) is 0 Å². The highest BCUT2D eigenvalue weighted by Crippen LogP contribution is 2.38. The number of rotatable bonds is 6. The zero-order valence-electron chi connectivity index (χ0n) is 14.0. The van der Waals surface area contributed by atoms with Crippen molar-refractivity contribution in [3.8, 4) is 0 Å². The summed E-state index contributed by atoms with van der Waals surface area (Å²) in [5.41, 5.74) is 1.21. The average Bonchev–Trinajstić information content (AvgIpc) is 3.01. The number of hydrogen-bond acceptors (Lipinski definition) is 4. The molecule has 5 nitrogen and oxygen atoms in total. The number of sulfone groups is 1. The van der Waals surface area contributed by atoms with Gasteiger partial charge in [-0.15, -0.1) is 6.58 Å². The van der Waals surface area contributed by atoms with Gasteiger partial charge in [-0.25, -0.2) is 8.42 Å². The van der Waals surface area contributed by atoms with Gasteiger partial charge in [0.05, 0.1) is 17.5 Å². The highest BCUT2D eigenvalue weighted by molar-refractivity contribution is 8.15. The monoisotopic (exact) mass is 378 g/mol. The van der Waals surface area contributed by atoms with Crippen LogP contribution in [0.2, 0.25) is 0 Å². The zero-order valence-corrected chi connectivity index (χ0v) is 15.6. The molecule has 1 aromatic carbocycles. The van der Waals surface area contributed by atoms with Gasteiger partial charge in [-0.1, -0.05) is 48.2 Å². The normalized spacial score (nSPS) is 25.9. The molecule has 2 aliphatic rings. The fourth-order valence-corrected chi connectivity index (χ4v) is 7.22. The Bertz CT molecular complexity index is 775. The molecule has 2 aliphatic heterocycles. The number of thioether (sulfide) groups is 1. The van der Waals surface area contributed by atoms with E-state index in [4.69, 9.17) is 0 Å². The van der Waals surface area contributed by atoms with Gasteiger partial charge >= 0.3 is 0 Å². The first-order valence-corrected chi connectivity index (χ1v) is 11.1. The van der Waals surface area contributed by atoms with E-state index in [1.807, 2.05) is 23.1 Å². The van der Waals surface area contributed by atoms with Gasteiger partial charge < -0.3 is 4.90 Å². The summed E-state index contributed by atoms with van der Waals surface area (Å²) in [5, 5.41) is 0.621. The van der Waals surface area contributed by atoms with Crippen molar-refractivity contribution < 1.29 is 13.2 Å². The molecule has 2 fully saturated rings. The molecule has 1 aromatic rings. The lowest BCUT2D eigenvalue weighted by molar-refractivity contribution is -0.117. The van der Waals surface area contributed by atoms with E-state index in [2.05, 4.69) is 23.7 Å². The molecule has 0 saturated carbocycles. The van der Waals surface area contributed by atoms with Crippen molar-refractivity contribution >= 4 is 32.7 Å². The molecule has 2 atom stereocenters. The highest BCUT2D eigenvalue weighted by Gasteiger charge is 2.48. The lowest BCUT2D eigenvalue weighted by atomic mass is 10.1. The fourth-order valence-electron chi connectivity index (χ4n) is 3.24. The molecule has 0 aromatic heterocycles. The lowest BCUT2D eigenvalue weighted by Gasteiger charge is -2.22. The second-order valence-electron chi connectivity index (χ2n) is 6.37. The van der Waals surface area contributed by atoms with Crippen LogP contribution in [-0.2, 0) is 21.1 Å². The summed E-state index contributed by atoms with van der Waals surface area (Å²) in [4.78, 5) is 18.4. The third kappa shape index (κ3) is 4.52. The van der Waals surface area contributed by atoms with Gasteiger partial charge in [0, 0.05) is 18.2 Å². The highest BCUT2D eigenvalue weighted by atomic mass is 32.2. The number of carbonyl (C=O) groups excluding carboxylic acids is 1. The first-order valence-electron chi connectivity index (χ1n) is 8.38. The molecule has 0 unspecified atom stereocenters. The Labute approximate surface area is 153 Å². The molecular formula is C18H22N2O3S2. The Morgan fingerprint density at radius 3 is 2.80 bits per heavy atom. The number of benzene rings is 1. The molecule has 2 heterocycles. The summed E-state index contributed by atoms with van der Waals surface area (Å²) in [6.07, 6.45) is 3.73. The number of amidine groups is 1. The number of nitrogens with zero attached hydrogens (tertiary/aromatic N) is 2. The Kier molecular flexibility index (Phi) is 5.64. The predicted molar refractivity (Wildman–Crippen MR) is 103 cm³/mol.